The predicted octanol–water partition coefficient (Wildman–Crippen LogP) is 2.32. The van der Waals surface area contributed by atoms with Gasteiger partial charge in [-0.2, -0.15) is 0 Å². The second kappa shape index (κ2) is 5.22. The van der Waals surface area contributed by atoms with Crippen LogP contribution < -0.4 is 10.1 Å². The molecule has 0 bridgehead atoms. The monoisotopic (exact) mass is 300 g/mol. The van der Waals surface area contributed by atoms with E-state index in [2.05, 4.69) is 36.4 Å². The first-order valence-electron chi connectivity index (χ1n) is 4.50. The van der Waals surface area contributed by atoms with Crippen LogP contribution in [0.2, 0.25) is 0 Å². The smallest absolute Gasteiger partial charge is 0.212 e. The van der Waals surface area contributed by atoms with Gasteiger partial charge in [0.05, 0.1) is 7.11 Å². The van der Waals surface area contributed by atoms with Crippen molar-refractivity contribution < 1.29 is 4.74 Å². The number of rotatable bonds is 4. The van der Waals surface area contributed by atoms with Gasteiger partial charge in [0.1, 0.15) is 0 Å². The van der Waals surface area contributed by atoms with Crippen LogP contribution in [0, 0.1) is 0 Å². The number of anilines is 1. The van der Waals surface area contributed by atoms with Gasteiger partial charge in [0, 0.05) is 18.8 Å². The van der Waals surface area contributed by atoms with Crippen molar-refractivity contribution in [1.82, 2.24) is 15.2 Å². The fourth-order valence-corrected chi connectivity index (χ4v) is 2.10. The summed E-state index contributed by atoms with van der Waals surface area (Å²) in [6.45, 7) is 0.665. The summed E-state index contributed by atoms with van der Waals surface area (Å²) in [6.07, 6.45) is 1.77. The number of nitrogens with one attached hydrogen (secondary N) is 1. The standard InChI is InChI=1S/C9H9BrN4OS/c1-15-7-3-2-6(4-11-7)5-12-9-14-13-8(10)16-9/h2-4H,5H2,1H3,(H,12,14). The van der Waals surface area contributed by atoms with Crippen LogP contribution in [0.1, 0.15) is 5.56 Å². The largest absolute Gasteiger partial charge is 0.481 e. The van der Waals surface area contributed by atoms with Crippen molar-refractivity contribution in [2.45, 2.75) is 6.54 Å². The summed E-state index contributed by atoms with van der Waals surface area (Å²) < 4.78 is 5.74. The summed E-state index contributed by atoms with van der Waals surface area (Å²) in [6, 6.07) is 3.78. The minimum absolute atomic E-state index is 0.613. The van der Waals surface area contributed by atoms with Gasteiger partial charge in [0.15, 0.2) is 3.92 Å². The van der Waals surface area contributed by atoms with Crippen molar-refractivity contribution in [3.63, 3.8) is 0 Å². The molecule has 0 saturated heterocycles. The molecular weight excluding hydrogens is 292 g/mol. The normalized spacial score (nSPS) is 10.1. The molecule has 0 saturated carbocycles. The number of hydrogen-bond acceptors (Lipinski definition) is 6. The summed E-state index contributed by atoms with van der Waals surface area (Å²) >= 11 is 4.71. The van der Waals surface area contributed by atoms with E-state index in [-0.39, 0.29) is 0 Å². The second-order valence-electron chi connectivity index (χ2n) is 2.92. The number of ether oxygens (including phenoxy) is 1. The van der Waals surface area contributed by atoms with Crippen molar-refractivity contribution in [3.8, 4) is 5.88 Å². The van der Waals surface area contributed by atoms with Gasteiger partial charge in [-0.25, -0.2) is 4.98 Å². The van der Waals surface area contributed by atoms with Gasteiger partial charge in [0.2, 0.25) is 11.0 Å². The highest BCUT2D eigenvalue weighted by Gasteiger charge is 2.01. The average Bonchev–Trinajstić information content (AvgIpc) is 2.73. The zero-order chi connectivity index (χ0) is 11.4. The van der Waals surface area contributed by atoms with Crippen LogP contribution in [0.4, 0.5) is 5.13 Å². The second-order valence-corrected chi connectivity index (χ2v) is 5.18. The molecule has 0 aliphatic heterocycles. The molecular formula is C9H9BrN4OS. The van der Waals surface area contributed by atoms with Crippen LogP contribution in [0.25, 0.3) is 0 Å². The molecule has 0 atom stereocenters. The number of nitrogens with zero attached hydrogens (tertiary/aromatic N) is 3. The van der Waals surface area contributed by atoms with Crippen LogP contribution in [-0.4, -0.2) is 22.3 Å². The zero-order valence-corrected chi connectivity index (χ0v) is 10.9. The maximum atomic E-state index is 4.98. The van der Waals surface area contributed by atoms with Crippen LogP contribution in [0.5, 0.6) is 5.88 Å². The summed E-state index contributed by atoms with van der Waals surface area (Å²) in [5.41, 5.74) is 1.06. The molecule has 16 heavy (non-hydrogen) atoms. The van der Waals surface area contributed by atoms with Crippen molar-refractivity contribution >= 4 is 32.4 Å². The Morgan fingerprint density at radius 3 is 2.88 bits per heavy atom. The topological polar surface area (TPSA) is 59.9 Å². The van der Waals surface area contributed by atoms with E-state index in [1.807, 2.05) is 12.1 Å². The maximum Gasteiger partial charge on any atom is 0.212 e. The van der Waals surface area contributed by atoms with Crippen molar-refractivity contribution in [1.29, 1.82) is 0 Å². The van der Waals surface area contributed by atoms with E-state index in [0.717, 1.165) is 14.6 Å². The van der Waals surface area contributed by atoms with E-state index in [4.69, 9.17) is 4.74 Å². The molecule has 0 unspecified atom stereocenters. The van der Waals surface area contributed by atoms with Gasteiger partial charge in [-0.05, 0) is 21.5 Å². The molecule has 0 aromatic carbocycles. The van der Waals surface area contributed by atoms with Crippen LogP contribution in [-0.2, 0) is 6.54 Å². The first-order chi connectivity index (χ1) is 7.78. The minimum atomic E-state index is 0.613. The zero-order valence-electron chi connectivity index (χ0n) is 8.48. The molecule has 1 N–H and O–H groups in total. The Balaban J connectivity index is 1.94. The molecule has 2 aromatic heterocycles. The lowest BCUT2D eigenvalue weighted by atomic mass is 10.3. The molecule has 2 rings (SSSR count). The molecule has 7 heteroatoms. The lowest BCUT2D eigenvalue weighted by Gasteiger charge is -2.02. The van der Waals surface area contributed by atoms with E-state index in [9.17, 15) is 0 Å². The SMILES string of the molecule is COc1ccc(CNc2nnc(Br)s2)cn1. The van der Waals surface area contributed by atoms with E-state index in [1.54, 1.807) is 13.3 Å². The van der Waals surface area contributed by atoms with Gasteiger partial charge in [-0.15, -0.1) is 10.2 Å². The predicted molar refractivity (Wildman–Crippen MR) is 65.7 cm³/mol. The van der Waals surface area contributed by atoms with Gasteiger partial charge < -0.3 is 10.1 Å². The molecule has 84 valence electrons. The Morgan fingerprint density at radius 2 is 2.31 bits per heavy atom. The van der Waals surface area contributed by atoms with Crippen molar-refractivity contribution in [3.05, 3.63) is 27.8 Å². The fourth-order valence-electron chi connectivity index (χ4n) is 1.09. The van der Waals surface area contributed by atoms with Crippen LogP contribution in [0.3, 0.4) is 0 Å². The highest BCUT2D eigenvalue weighted by Crippen LogP contribution is 2.20. The Morgan fingerprint density at radius 1 is 1.44 bits per heavy atom. The molecule has 2 heterocycles. The summed E-state index contributed by atoms with van der Waals surface area (Å²) in [7, 11) is 1.60. The average molecular weight is 301 g/mol. The third-order valence-corrected chi connectivity index (χ3v) is 3.16. The summed E-state index contributed by atoms with van der Waals surface area (Å²) in [4.78, 5) is 4.11. The molecule has 0 aliphatic rings. The van der Waals surface area contributed by atoms with E-state index < -0.39 is 0 Å². The molecule has 0 aliphatic carbocycles. The highest BCUT2D eigenvalue weighted by atomic mass is 79.9. The Kier molecular flexibility index (Phi) is 3.68. The van der Waals surface area contributed by atoms with Gasteiger partial charge >= 0.3 is 0 Å². The van der Waals surface area contributed by atoms with E-state index in [0.29, 0.717) is 12.4 Å². The third kappa shape index (κ3) is 2.89. The minimum Gasteiger partial charge on any atom is -0.481 e. The molecule has 2 aromatic rings. The Bertz CT molecular complexity index is 459. The first-order valence-corrected chi connectivity index (χ1v) is 6.10. The number of pyridine rings is 1. The van der Waals surface area contributed by atoms with Crippen LogP contribution >= 0.6 is 27.3 Å². The first kappa shape index (κ1) is 11.3. The number of halogens is 1. The fraction of sp³-hybridized carbons (Fsp3) is 0.222. The molecule has 5 nitrogen and oxygen atoms in total. The maximum absolute atomic E-state index is 4.98. The Labute approximate surface area is 105 Å². The Hall–Kier alpha value is -1.21. The van der Waals surface area contributed by atoms with Crippen molar-refractivity contribution in [2.75, 3.05) is 12.4 Å². The summed E-state index contributed by atoms with van der Waals surface area (Å²) in [5.74, 6) is 0.613. The number of hydrogen-bond donors (Lipinski definition) is 1. The quantitative estimate of drug-likeness (QED) is 0.939. The third-order valence-electron chi connectivity index (χ3n) is 1.85. The van der Waals surface area contributed by atoms with E-state index in [1.165, 1.54) is 11.3 Å². The van der Waals surface area contributed by atoms with Crippen molar-refractivity contribution in [2.24, 2.45) is 0 Å². The molecule has 0 amide bonds. The molecule has 0 spiro atoms. The number of methoxy groups -OCH3 is 1. The van der Waals surface area contributed by atoms with Crippen LogP contribution in [0.15, 0.2) is 22.2 Å². The van der Waals surface area contributed by atoms with Gasteiger partial charge in [-0.3, -0.25) is 0 Å². The molecule has 0 radical (unpaired) electrons. The highest BCUT2D eigenvalue weighted by molar-refractivity contribution is 9.11. The lowest BCUT2D eigenvalue weighted by molar-refractivity contribution is 0.397. The van der Waals surface area contributed by atoms with Gasteiger partial charge in [-0.1, -0.05) is 17.4 Å². The molecule has 0 fully saturated rings. The van der Waals surface area contributed by atoms with Gasteiger partial charge in [0.25, 0.3) is 0 Å². The van der Waals surface area contributed by atoms with E-state index >= 15 is 0 Å². The lowest BCUT2D eigenvalue weighted by Crippen LogP contribution is -1.99. The number of aromatic nitrogens is 3. The summed E-state index contributed by atoms with van der Waals surface area (Å²) in [5, 5.41) is 11.7.